The number of aromatic nitrogens is 1. The smallest absolute Gasteiger partial charge is 0.228 e. The van der Waals surface area contributed by atoms with Crippen LogP contribution in [0.5, 0.6) is 0 Å². The van der Waals surface area contributed by atoms with Crippen molar-refractivity contribution < 1.29 is 4.42 Å². The highest BCUT2D eigenvalue weighted by atomic mass is 35.5. The summed E-state index contributed by atoms with van der Waals surface area (Å²) in [6.07, 6.45) is 3.91. The summed E-state index contributed by atoms with van der Waals surface area (Å²) in [4.78, 5) is 7.26. The zero-order valence-corrected chi connectivity index (χ0v) is 15.5. The summed E-state index contributed by atoms with van der Waals surface area (Å²) >= 11 is 6.27. The average Bonchev–Trinajstić information content (AvgIpc) is 3.01. The highest BCUT2D eigenvalue weighted by Crippen LogP contribution is 2.31. The van der Waals surface area contributed by atoms with Gasteiger partial charge in [-0.2, -0.15) is 0 Å². The first-order valence-corrected chi connectivity index (χ1v) is 9.40. The molecular weight excluding hydrogens is 332 g/mol. The van der Waals surface area contributed by atoms with Gasteiger partial charge in [0.1, 0.15) is 5.52 Å². The fraction of sp³-hybridized carbons (Fsp3) is 0.381. The number of halogens is 1. The number of nitrogens with zero attached hydrogens (tertiary/aromatic N) is 2. The Morgan fingerprint density at radius 3 is 2.64 bits per heavy atom. The summed E-state index contributed by atoms with van der Waals surface area (Å²) in [5, 5.41) is 0.658. The van der Waals surface area contributed by atoms with E-state index in [1.165, 1.54) is 24.8 Å². The first-order chi connectivity index (χ1) is 12.1. The predicted molar refractivity (Wildman–Crippen MR) is 103 cm³/mol. The maximum Gasteiger partial charge on any atom is 0.228 e. The van der Waals surface area contributed by atoms with Crippen molar-refractivity contribution in [3.8, 4) is 11.5 Å². The Kier molecular flexibility index (Phi) is 4.53. The van der Waals surface area contributed by atoms with Crippen molar-refractivity contribution in [3.63, 3.8) is 0 Å². The highest BCUT2D eigenvalue weighted by Gasteiger charge is 2.24. The van der Waals surface area contributed by atoms with Crippen molar-refractivity contribution in [1.82, 2.24) is 9.88 Å². The Hall–Kier alpha value is -1.84. The molecule has 0 N–H and O–H groups in total. The third kappa shape index (κ3) is 3.31. The van der Waals surface area contributed by atoms with Crippen LogP contribution in [0.15, 0.2) is 46.9 Å². The third-order valence-corrected chi connectivity index (χ3v) is 5.63. The van der Waals surface area contributed by atoms with Crippen LogP contribution in [0.1, 0.15) is 38.7 Å². The van der Waals surface area contributed by atoms with Gasteiger partial charge in [0.25, 0.3) is 0 Å². The summed E-state index contributed by atoms with van der Waals surface area (Å²) in [5.74, 6) is 0.581. The van der Waals surface area contributed by atoms with Gasteiger partial charge in [-0.3, -0.25) is 4.90 Å². The molecule has 2 heterocycles. The summed E-state index contributed by atoms with van der Waals surface area (Å²) in [6.45, 7) is 5.63. The minimum atomic E-state index is 0.581. The van der Waals surface area contributed by atoms with Gasteiger partial charge in [-0.1, -0.05) is 36.2 Å². The van der Waals surface area contributed by atoms with Gasteiger partial charge in [-0.15, -0.1) is 0 Å². The maximum absolute atomic E-state index is 6.27. The largest absolute Gasteiger partial charge is 0.436 e. The lowest BCUT2D eigenvalue weighted by molar-refractivity contribution is 0.0953. The lowest BCUT2D eigenvalue weighted by Gasteiger charge is -2.39. The minimum Gasteiger partial charge on any atom is -0.436 e. The number of benzene rings is 2. The van der Waals surface area contributed by atoms with E-state index in [2.05, 4.69) is 35.9 Å². The summed E-state index contributed by atoms with van der Waals surface area (Å²) in [7, 11) is 0. The van der Waals surface area contributed by atoms with Crippen LogP contribution in [0.2, 0.25) is 5.02 Å². The normalized spacial score (nSPS) is 21.7. The first kappa shape index (κ1) is 16.6. The molecule has 1 aromatic heterocycles. The number of hydrogen-bond acceptors (Lipinski definition) is 3. The molecule has 0 saturated carbocycles. The standard InChI is InChI=1S/C21H23ClN2O/c1-14-6-5-7-15(2)24(14)13-16-10-11-20-19(12-16)23-21(25-20)17-8-3-4-9-18(17)22/h3-4,8-12,14-15H,5-7,13H2,1-2H3/t14-,15+. The Labute approximate surface area is 153 Å². The number of oxazole rings is 1. The Morgan fingerprint density at radius 1 is 1.12 bits per heavy atom. The molecule has 0 spiro atoms. The van der Waals surface area contributed by atoms with Gasteiger partial charge in [-0.25, -0.2) is 4.98 Å². The number of hydrogen-bond donors (Lipinski definition) is 0. The van der Waals surface area contributed by atoms with Gasteiger partial charge in [0.15, 0.2) is 5.58 Å². The molecule has 3 nitrogen and oxygen atoms in total. The Morgan fingerprint density at radius 2 is 1.88 bits per heavy atom. The molecule has 2 aromatic carbocycles. The molecule has 2 atom stereocenters. The van der Waals surface area contributed by atoms with Crippen LogP contribution in [0.3, 0.4) is 0 Å². The van der Waals surface area contributed by atoms with Gasteiger partial charge < -0.3 is 4.42 Å². The molecule has 1 fully saturated rings. The fourth-order valence-corrected chi connectivity index (χ4v) is 4.04. The third-order valence-electron chi connectivity index (χ3n) is 5.30. The van der Waals surface area contributed by atoms with Crippen LogP contribution < -0.4 is 0 Å². The van der Waals surface area contributed by atoms with Crippen molar-refractivity contribution in [3.05, 3.63) is 53.1 Å². The molecular formula is C21H23ClN2O. The molecule has 0 radical (unpaired) electrons. The summed E-state index contributed by atoms with van der Waals surface area (Å²) in [5.41, 5.74) is 3.82. The van der Waals surface area contributed by atoms with E-state index in [1.54, 1.807) is 0 Å². The predicted octanol–water partition coefficient (Wildman–Crippen LogP) is 5.91. The molecule has 1 aliphatic rings. The number of fused-ring (bicyclic) bond motifs is 1. The highest BCUT2D eigenvalue weighted by molar-refractivity contribution is 6.33. The molecule has 4 rings (SSSR count). The van der Waals surface area contributed by atoms with E-state index in [0.717, 1.165) is 23.2 Å². The number of likely N-dealkylation sites (tertiary alicyclic amines) is 1. The van der Waals surface area contributed by atoms with Crippen molar-refractivity contribution in [2.75, 3.05) is 0 Å². The monoisotopic (exact) mass is 354 g/mol. The second-order valence-corrected chi connectivity index (χ2v) is 7.51. The molecule has 0 unspecified atom stereocenters. The van der Waals surface area contributed by atoms with E-state index in [1.807, 2.05) is 30.3 Å². The van der Waals surface area contributed by atoms with E-state index in [-0.39, 0.29) is 0 Å². The van der Waals surface area contributed by atoms with E-state index < -0.39 is 0 Å². The van der Waals surface area contributed by atoms with Gasteiger partial charge in [0.05, 0.1) is 10.6 Å². The van der Waals surface area contributed by atoms with E-state index in [0.29, 0.717) is 23.0 Å². The minimum absolute atomic E-state index is 0.581. The van der Waals surface area contributed by atoms with Crippen LogP contribution in [0.4, 0.5) is 0 Å². The zero-order valence-electron chi connectivity index (χ0n) is 14.7. The molecule has 25 heavy (non-hydrogen) atoms. The topological polar surface area (TPSA) is 29.3 Å². The maximum atomic E-state index is 6.27. The van der Waals surface area contributed by atoms with Gasteiger partial charge >= 0.3 is 0 Å². The van der Waals surface area contributed by atoms with Crippen molar-refractivity contribution in [1.29, 1.82) is 0 Å². The van der Waals surface area contributed by atoms with Gasteiger partial charge in [-0.05, 0) is 56.5 Å². The van der Waals surface area contributed by atoms with E-state index >= 15 is 0 Å². The van der Waals surface area contributed by atoms with Crippen molar-refractivity contribution in [2.45, 2.75) is 51.7 Å². The second-order valence-electron chi connectivity index (χ2n) is 7.10. The lowest BCUT2D eigenvalue weighted by Crippen LogP contribution is -2.42. The van der Waals surface area contributed by atoms with Crippen LogP contribution in [0.25, 0.3) is 22.6 Å². The first-order valence-electron chi connectivity index (χ1n) is 9.02. The van der Waals surface area contributed by atoms with Crippen molar-refractivity contribution in [2.24, 2.45) is 0 Å². The van der Waals surface area contributed by atoms with Crippen LogP contribution in [0, 0.1) is 0 Å². The number of piperidine rings is 1. The lowest BCUT2D eigenvalue weighted by atomic mass is 9.97. The Balaban J connectivity index is 1.63. The van der Waals surface area contributed by atoms with Crippen molar-refractivity contribution >= 4 is 22.7 Å². The van der Waals surface area contributed by atoms with Gasteiger partial charge in [0.2, 0.25) is 5.89 Å². The molecule has 0 bridgehead atoms. The molecule has 130 valence electrons. The second kappa shape index (κ2) is 6.81. The summed E-state index contributed by atoms with van der Waals surface area (Å²) in [6, 6.07) is 15.2. The average molecular weight is 355 g/mol. The quantitative estimate of drug-likeness (QED) is 0.585. The fourth-order valence-electron chi connectivity index (χ4n) is 3.82. The van der Waals surface area contributed by atoms with Gasteiger partial charge in [0, 0.05) is 18.6 Å². The SMILES string of the molecule is C[C@@H]1CCC[C@H](C)N1Cc1ccc2oc(-c3ccccc3Cl)nc2c1. The molecule has 4 heteroatoms. The Bertz CT molecular complexity index is 878. The zero-order chi connectivity index (χ0) is 17.4. The van der Waals surface area contributed by atoms with E-state index in [4.69, 9.17) is 16.0 Å². The molecule has 1 saturated heterocycles. The van der Waals surface area contributed by atoms with Crippen LogP contribution in [-0.2, 0) is 6.54 Å². The summed E-state index contributed by atoms with van der Waals surface area (Å²) < 4.78 is 5.91. The van der Waals surface area contributed by atoms with Crippen LogP contribution in [-0.4, -0.2) is 22.0 Å². The van der Waals surface area contributed by atoms with Crippen LogP contribution >= 0.6 is 11.6 Å². The molecule has 0 aliphatic carbocycles. The molecule has 3 aromatic rings. The number of rotatable bonds is 3. The van der Waals surface area contributed by atoms with E-state index in [9.17, 15) is 0 Å². The molecule has 0 amide bonds. The molecule has 1 aliphatic heterocycles.